The molecule has 15 heavy (non-hydrogen) atoms. The summed E-state index contributed by atoms with van der Waals surface area (Å²) >= 11 is 0. The molecule has 0 aliphatic carbocycles. The highest BCUT2D eigenvalue weighted by atomic mass is 16.1. The molecule has 0 aromatic heterocycles. The van der Waals surface area contributed by atoms with E-state index in [2.05, 4.69) is 16.6 Å². The fourth-order valence-corrected chi connectivity index (χ4v) is 1.88. The Balaban J connectivity index is 2.24. The molecular formula is C12H20N2O. The van der Waals surface area contributed by atoms with Crippen molar-refractivity contribution in [3.05, 3.63) is 0 Å². The molecule has 0 aromatic rings. The second-order valence-corrected chi connectivity index (χ2v) is 4.14. The highest BCUT2D eigenvalue weighted by molar-refractivity contribution is 5.76. The van der Waals surface area contributed by atoms with Gasteiger partial charge in [-0.25, -0.2) is 0 Å². The minimum absolute atomic E-state index is 0.144. The zero-order valence-electron chi connectivity index (χ0n) is 9.38. The second kappa shape index (κ2) is 6.47. The first-order valence-corrected chi connectivity index (χ1v) is 5.69. The molecule has 0 aromatic carbocycles. The van der Waals surface area contributed by atoms with E-state index in [-0.39, 0.29) is 11.9 Å². The average Bonchev–Trinajstić information content (AvgIpc) is 2.69. The maximum Gasteiger partial charge on any atom is 0.220 e. The van der Waals surface area contributed by atoms with E-state index in [1.807, 2.05) is 6.92 Å². The first kappa shape index (κ1) is 12.1. The van der Waals surface area contributed by atoms with Crippen molar-refractivity contribution >= 4 is 5.91 Å². The molecule has 0 bridgehead atoms. The van der Waals surface area contributed by atoms with E-state index in [9.17, 15) is 4.79 Å². The lowest BCUT2D eigenvalue weighted by atomic mass is 10.0. The minimum atomic E-state index is 0.144. The van der Waals surface area contributed by atoms with Crippen LogP contribution in [0.5, 0.6) is 0 Å². The molecule has 84 valence electrons. The third-order valence-corrected chi connectivity index (χ3v) is 2.86. The van der Waals surface area contributed by atoms with Gasteiger partial charge in [0.05, 0.1) is 0 Å². The molecule has 3 nitrogen and oxygen atoms in total. The Morgan fingerprint density at radius 1 is 1.73 bits per heavy atom. The Kier molecular flexibility index (Phi) is 5.20. The van der Waals surface area contributed by atoms with Gasteiger partial charge in [-0.1, -0.05) is 6.92 Å². The minimum Gasteiger partial charge on any atom is -0.352 e. The molecule has 2 N–H and O–H groups in total. The average molecular weight is 208 g/mol. The quantitative estimate of drug-likeness (QED) is 0.659. The summed E-state index contributed by atoms with van der Waals surface area (Å²) in [5, 5.41) is 6.24. The van der Waals surface area contributed by atoms with Gasteiger partial charge in [-0.3, -0.25) is 4.79 Å². The monoisotopic (exact) mass is 208 g/mol. The van der Waals surface area contributed by atoms with Gasteiger partial charge in [-0.15, -0.1) is 12.3 Å². The van der Waals surface area contributed by atoms with Crippen molar-refractivity contribution < 1.29 is 4.79 Å². The van der Waals surface area contributed by atoms with Gasteiger partial charge < -0.3 is 10.6 Å². The number of hydrogen-bond donors (Lipinski definition) is 2. The maximum atomic E-state index is 11.6. The van der Waals surface area contributed by atoms with Crippen LogP contribution in [0.3, 0.4) is 0 Å². The molecule has 0 saturated carbocycles. The molecule has 1 fully saturated rings. The summed E-state index contributed by atoms with van der Waals surface area (Å²) in [6.07, 6.45) is 8.51. The van der Waals surface area contributed by atoms with Crippen LogP contribution in [-0.4, -0.2) is 25.0 Å². The number of hydrogen-bond acceptors (Lipinski definition) is 2. The third kappa shape index (κ3) is 4.35. The van der Waals surface area contributed by atoms with Gasteiger partial charge in [-0.05, 0) is 31.8 Å². The molecule has 1 amide bonds. The van der Waals surface area contributed by atoms with Crippen molar-refractivity contribution in [2.24, 2.45) is 5.92 Å². The number of carbonyl (C=O) groups is 1. The summed E-state index contributed by atoms with van der Waals surface area (Å²) < 4.78 is 0. The standard InChI is InChI=1S/C12H20N2O/c1-3-5-11(4-2)14-12(15)8-10-6-7-13-9-10/h1,10-11,13H,4-9H2,2H3,(H,14,15). The highest BCUT2D eigenvalue weighted by Gasteiger charge is 2.19. The molecule has 1 aliphatic rings. The van der Waals surface area contributed by atoms with Gasteiger partial charge in [0.2, 0.25) is 5.91 Å². The van der Waals surface area contributed by atoms with Gasteiger partial charge in [-0.2, -0.15) is 0 Å². The largest absolute Gasteiger partial charge is 0.352 e. The van der Waals surface area contributed by atoms with Crippen molar-refractivity contribution in [3.8, 4) is 12.3 Å². The molecule has 1 saturated heterocycles. The molecule has 1 rings (SSSR count). The molecule has 2 unspecified atom stereocenters. The highest BCUT2D eigenvalue weighted by Crippen LogP contribution is 2.12. The van der Waals surface area contributed by atoms with Crippen molar-refractivity contribution in [2.75, 3.05) is 13.1 Å². The van der Waals surface area contributed by atoms with Crippen LogP contribution in [0.2, 0.25) is 0 Å². The van der Waals surface area contributed by atoms with Gasteiger partial charge >= 0.3 is 0 Å². The van der Waals surface area contributed by atoms with Crippen molar-refractivity contribution in [3.63, 3.8) is 0 Å². The summed E-state index contributed by atoms with van der Waals surface area (Å²) in [5.41, 5.74) is 0. The molecule has 0 radical (unpaired) electrons. The van der Waals surface area contributed by atoms with Crippen molar-refractivity contribution in [2.45, 2.75) is 38.6 Å². The number of terminal acetylenes is 1. The van der Waals surface area contributed by atoms with E-state index in [1.54, 1.807) is 0 Å². The summed E-state index contributed by atoms with van der Waals surface area (Å²) in [6.45, 7) is 4.05. The number of amides is 1. The molecule has 0 spiro atoms. The third-order valence-electron chi connectivity index (χ3n) is 2.86. The van der Waals surface area contributed by atoms with Crippen LogP contribution in [0.15, 0.2) is 0 Å². The first-order valence-electron chi connectivity index (χ1n) is 5.69. The lowest BCUT2D eigenvalue weighted by molar-refractivity contribution is -0.122. The Hall–Kier alpha value is -1.01. The predicted octanol–water partition coefficient (Wildman–Crippen LogP) is 0.904. The Labute approximate surface area is 92.0 Å². The number of rotatable bonds is 5. The van der Waals surface area contributed by atoms with Crippen LogP contribution in [0.1, 0.15) is 32.6 Å². The topological polar surface area (TPSA) is 41.1 Å². The van der Waals surface area contributed by atoms with E-state index >= 15 is 0 Å². The predicted molar refractivity (Wildman–Crippen MR) is 61.3 cm³/mol. The Bertz CT molecular complexity index is 238. The number of carbonyl (C=O) groups excluding carboxylic acids is 1. The SMILES string of the molecule is C#CCC(CC)NC(=O)CC1CCNC1. The summed E-state index contributed by atoms with van der Waals surface area (Å²) in [6, 6.07) is 0.150. The molecule has 3 heteroatoms. The van der Waals surface area contributed by atoms with Gasteiger partial charge in [0.25, 0.3) is 0 Å². The van der Waals surface area contributed by atoms with Gasteiger partial charge in [0, 0.05) is 18.9 Å². The molecule has 1 aliphatic heterocycles. The second-order valence-electron chi connectivity index (χ2n) is 4.14. The first-order chi connectivity index (χ1) is 7.26. The van der Waals surface area contributed by atoms with Crippen LogP contribution in [0.25, 0.3) is 0 Å². The molecule has 1 heterocycles. The van der Waals surface area contributed by atoms with Crippen LogP contribution in [-0.2, 0) is 4.79 Å². The van der Waals surface area contributed by atoms with Crippen molar-refractivity contribution in [1.82, 2.24) is 10.6 Å². The molecular weight excluding hydrogens is 188 g/mol. The van der Waals surface area contributed by atoms with Gasteiger partial charge in [0.15, 0.2) is 0 Å². The van der Waals surface area contributed by atoms with Crippen LogP contribution >= 0.6 is 0 Å². The normalized spacial score (nSPS) is 22.0. The lowest BCUT2D eigenvalue weighted by Crippen LogP contribution is -2.35. The molecule has 2 atom stereocenters. The lowest BCUT2D eigenvalue weighted by Gasteiger charge is -2.15. The summed E-state index contributed by atoms with van der Waals surface area (Å²) in [7, 11) is 0. The van der Waals surface area contributed by atoms with E-state index in [0.717, 1.165) is 25.9 Å². The Morgan fingerprint density at radius 3 is 3.07 bits per heavy atom. The van der Waals surface area contributed by atoms with Crippen LogP contribution in [0.4, 0.5) is 0 Å². The zero-order valence-corrected chi connectivity index (χ0v) is 9.38. The van der Waals surface area contributed by atoms with E-state index < -0.39 is 0 Å². The van der Waals surface area contributed by atoms with Crippen LogP contribution < -0.4 is 10.6 Å². The smallest absolute Gasteiger partial charge is 0.220 e. The fraction of sp³-hybridized carbons (Fsp3) is 0.750. The van der Waals surface area contributed by atoms with Crippen molar-refractivity contribution in [1.29, 1.82) is 0 Å². The van der Waals surface area contributed by atoms with E-state index in [0.29, 0.717) is 18.8 Å². The Morgan fingerprint density at radius 2 is 2.53 bits per heavy atom. The zero-order chi connectivity index (χ0) is 11.1. The summed E-state index contributed by atoms with van der Waals surface area (Å²) in [5.74, 6) is 3.24. The number of nitrogens with one attached hydrogen (secondary N) is 2. The maximum absolute atomic E-state index is 11.6. The van der Waals surface area contributed by atoms with Crippen LogP contribution in [0, 0.1) is 18.3 Å². The van der Waals surface area contributed by atoms with Gasteiger partial charge in [0.1, 0.15) is 0 Å². The summed E-state index contributed by atoms with van der Waals surface area (Å²) in [4.78, 5) is 11.6. The fourth-order valence-electron chi connectivity index (χ4n) is 1.88. The van der Waals surface area contributed by atoms with E-state index in [1.165, 1.54) is 0 Å². The van der Waals surface area contributed by atoms with E-state index in [4.69, 9.17) is 6.42 Å².